The minimum atomic E-state index is -0.179. The number of hydrogen-bond acceptors (Lipinski definition) is 3. The van der Waals surface area contributed by atoms with Crippen molar-refractivity contribution < 1.29 is 9.53 Å². The monoisotopic (exact) mass is 288 g/mol. The van der Waals surface area contributed by atoms with Crippen molar-refractivity contribution in [2.75, 3.05) is 17.7 Å². The molecule has 1 aliphatic rings. The molecule has 1 amide bonds. The first-order valence-corrected chi connectivity index (χ1v) is 6.63. The van der Waals surface area contributed by atoms with Gasteiger partial charge in [0.25, 0.3) is 5.91 Å². The molecular weight excluding hydrogens is 276 g/mol. The van der Waals surface area contributed by atoms with Gasteiger partial charge in [0, 0.05) is 17.7 Å². The first-order valence-electron chi connectivity index (χ1n) is 6.25. The third-order valence-electron chi connectivity index (χ3n) is 3.21. The van der Waals surface area contributed by atoms with Gasteiger partial charge in [-0.15, -0.1) is 0 Å². The molecule has 0 aliphatic carbocycles. The third-order valence-corrected chi connectivity index (χ3v) is 3.55. The summed E-state index contributed by atoms with van der Waals surface area (Å²) in [5, 5.41) is 3.27. The van der Waals surface area contributed by atoms with Gasteiger partial charge in [0.15, 0.2) is 0 Å². The topological polar surface area (TPSA) is 64.3 Å². The molecule has 3 N–H and O–H groups in total. The van der Waals surface area contributed by atoms with Crippen LogP contribution >= 0.6 is 11.6 Å². The predicted octanol–water partition coefficient (Wildman–Crippen LogP) is 3.11. The molecule has 20 heavy (non-hydrogen) atoms. The summed E-state index contributed by atoms with van der Waals surface area (Å²) in [4.78, 5) is 12.2. The Morgan fingerprint density at radius 2 is 2.10 bits per heavy atom. The standard InChI is InChI=1S/C15H13ClN2O2/c16-12-3-2-11(8-13(12)17)18-15(19)10-1-4-14-9(7-10)5-6-20-14/h1-4,7-8H,5-6,17H2,(H,18,19). The molecule has 5 heteroatoms. The number of nitrogen functional groups attached to an aromatic ring is 1. The average molecular weight is 289 g/mol. The van der Waals surface area contributed by atoms with Crippen molar-refractivity contribution in [2.24, 2.45) is 0 Å². The Kier molecular flexibility index (Phi) is 3.24. The van der Waals surface area contributed by atoms with Crippen molar-refractivity contribution in [3.63, 3.8) is 0 Å². The van der Waals surface area contributed by atoms with Crippen LogP contribution in [0.1, 0.15) is 15.9 Å². The van der Waals surface area contributed by atoms with Crippen molar-refractivity contribution in [3.8, 4) is 5.75 Å². The second-order valence-electron chi connectivity index (χ2n) is 4.61. The molecule has 0 aromatic heterocycles. The lowest BCUT2D eigenvalue weighted by molar-refractivity contribution is 0.102. The van der Waals surface area contributed by atoms with Crippen LogP contribution in [0.3, 0.4) is 0 Å². The molecule has 0 spiro atoms. The van der Waals surface area contributed by atoms with E-state index < -0.39 is 0 Å². The Bertz CT molecular complexity index is 686. The zero-order chi connectivity index (χ0) is 14.1. The van der Waals surface area contributed by atoms with Gasteiger partial charge in [0.2, 0.25) is 0 Å². The molecule has 0 bridgehead atoms. The zero-order valence-corrected chi connectivity index (χ0v) is 11.4. The van der Waals surface area contributed by atoms with E-state index in [9.17, 15) is 4.79 Å². The van der Waals surface area contributed by atoms with Gasteiger partial charge in [0.05, 0.1) is 17.3 Å². The Morgan fingerprint density at radius 3 is 2.90 bits per heavy atom. The Morgan fingerprint density at radius 1 is 1.25 bits per heavy atom. The number of nitrogens with two attached hydrogens (primary N) is 1. The van der Waals surface area contributed by atoms with E-state index in [4.69, 9.17) is 22.1 Å². The maximum Gasteiger partial charge on any atom is 0.255 e. The first-order chi connectivity index (χ1) is 9.63. The van der Waals surface area contributed by atoms with Crippen molar-refractivity contribution >= 4 is 28.9 Å². The maximum absolute atomic E-state index is 12.2. The lowest BCUT2D eigenvalue weighted by atomic mass is 10.1. The van der Waals surface area contributed by atoms with Gasteiger partial charge in [-0.1, -0.05) is 11.6 Å². The highest BCUT2D eigenvalue weighted by atomic mass is 35.5. The number of carbonyl (C=O) groups is 1. The molecule has 0 unspecified atom stereocenters. The van der Waals surface area contributed by atoms with E-state index >= 15 is 0 Å². The fourth-order valence-corrected chi connectivity index (χ4v) is 2.27. The summed E-state index contributed by atoms with van der Waals surface area (Å²) in [6.07, 6.45) is 0.838. The van der Waals surface area contributed by atoms with E-state index in [2.05, 4.69) is 5.32 Å². The molecule has 102 valence electrons. The first kappa shape index (κ1) is 12.8. The highest BCUT2D eigenvalue weighted by Crippen LogP contribution is 2.27. The molecule has 0 atom stereocenters. The van der Waals surface area contributed by atoms with Crippen LogP contribution in [0.15, 0.2) is 36.4 Å². The molecule has 1 aliphatic heterocycles. The van der Waals surface area contributed by atoms with Crippen LogP contribution in [0.2, 0.25) is 5.02 Å². The van der Waals surface area contributed by atoms with Crippen LogP contribution in [0.4, 0.5) is 11.4 Å². The summed E-state index contributed by atoms with van der Waals surface area (Å²) in [6.45, 7) is 0.675. The number of nitrogens with one attached hydrogen (secondary N) is 1. The molecule has 0 fully saturated rings. The van der Waals surface area contributed by atoms with Crippen LogP contribution in [0, 0.1) is 0 Å². The summed E-state index contributed by atoms with van der Waals surface area (Å²) in [5.41, 5.74) is 8.43. The molecule has 0 saturated carbocycles. The Labute approximate surface area is 121 Å². The molecule has 0 saturated heterocycles. The summed E-state index contributed by atoms with van der Waals surface area (Å²) in [5.74, 6) is 0.679. The smallest absolute Gasteiger partial charge is 0.255 e. The van der Waals surface area contributed by atoms with Crippen molar-refractivity contribution in [2.45, 2.75) is 6.42 Å². The van der Waals surface area contributed by atoms with Gasteiger partial charge in [-0.3, -0.25) is 4.79 Å². The van der Waals surface area contributed by atoms with Crippen LogP contribution in [0.5, 0.6) is 5.75 Å². The van der Waals surface area contributed by atoms with Crippen molar-refractivity contribution in [3.05, 3.63) is 52.5 Å². The number of amides is 1. The fraction of sp³-hybridized carbons (Fsp3) is 0.133. The van der Waals surface area contributed by atoms with Crippen molar-refractivity contribution in [1.29, 1.82) is 0 Å². The van der Waals surface area contributed by atoms with Gasteiger partial charge in [-0.25, -0.2) is 0 Å². The Hall–Kier alpha value is -2.20. The van der Waals surface area contributed by atoms with Gasteiger partial charge >= 0.3 is 0 Å². The van der Waals surface area contributed by atoms with E-state index in [1.807, 2.05) is 12.1 Å². The summed E-state index contributed by atoms with van der Waals surface area (Å²) >= 11 is 5.85. The maximum atomic E-state index is 12.2. The number of hydrogen-bond donors (Lipinski definition) is 2. The summed E-state index contributed by atoms with van der Waals surface area (Å²) in [6, 6.07) is 10.4. The van der Waals surface area contributed by atoms with Crippen LogP contribution in [-0.4, -0.2) is 12.5 Å². The minimum Gasteiger partial charge on any atom is -0.493 e. The normalized spacial score (nSPS) is 12.7. The van der Waals surface area contributed by atoms with E-state index in [-0.39, 0.29) is 5.91 Å². The highest BCUT2D eigenvalue weighted by Gasteiger charge is 2.15. The molecule has 2 aromatic rings. The number of rotatable bonds is 2. The number of fused-ring (bicyclic) bond motifs is 1. The average Bonchev–Trinajstić information content (AvgIpc) is 2.90. The number of ether oxygens (including phenoxy) is 1. The molecule has 0 radical (unpaired) electrons. The summed E-state index contributed by atoms with van der Waals surface area (Å²) in [7, 11) is 0. The molecule has 2 aromatic carbocycles. The molecular formula is C15H13ClN2O2. The van der Waals surface area contributed by atoms with Gasteiger partial charge < -0.3 is 15.8 Å². The quantitative estimate of drug-likeness (QED) is 0.835. The number of halogens is 1. The SMILES string of the molecule is Nc1cc(NC(=O)c2ccc3c(c2)CCO3)ccc1Cl. The molecule has 3 rings (SSSR count). The highest BCUT2D eigenvalue weighted by molar-refractivity contribution is 6.33. The van der Waals surface area contributed by atoms with Crippen molar-refractivity contribution in [1.82, 2.24) is 0 Å². The fourth-order valence-electron chi connectivity index (χ4n) is 2.15. The van der Waals surface area contributed by atoms with Gasteiger partial charge in [-0.2, -0.15) is 0 Å². The van der Waals surface area contributed by atoms with Crippen LogP contribution in [0.25, 0.3) is 0 Å². The van der Waals surface area contributed by atoms with Gasteiger partial charge in [-0.05, 0) is 42.0 Å². The predicted molar refractivity (Wildman–Crippen MR) is 79.5 cm³/mol. The molecule has 1 heterocycles. The number of anilines is 2. The van der Waals surface area contributed by atoms with E-state index in [0.29, 0.717) is 28.6 Å². The van der Waals surface area contributed by atoms with Crippen LogP contribution in [-0.2, 0) is 6.42 Å². The van der Waals surface area contributed by atoms with E-state index in [1.165, 1.54) is 0 Å². The van der Waals surface area contributed by atoms with Gasteiger partial charge in [0.1, 0.15) is 5.75 Å². The largest absolute Gasteiger partial charge is 0.493 e. The molecule has 4 nitrogen and oxygen atoms in total. The Balaban J connectivity index is 1.80. The minimum absolute atomic E-state index is 0.179. The lowest BCUT2D eigenvalue weighted by Crippen LogP contribution is -2.12. The third kappa shape index (κ3) is 2.42. The van der Waals surface area contributed by atoms with Crippen LogP contribution < -0.4 is 15.8 Å². The summed E-state index contributed by atoms with van der Waals surface area (Å²) < 4.78 is 5.42. The second kappa shape index (κ2) is 5.06. The number of benzene rings is 2. The number of carbonyl (C=O) groups excluding carboxylic acids is 1. The van der Waals surface area contributed by atoms with E-state index in [0.717, 1.165) is 17.7 Å². The lowest BCUT2D eigenvalue weighted by Gasteiger charge is -2.08. The second-order valence-corrected chi connectivity index (χ2v) is 5.02. The van der Waals surface area contributed by atoms with E-state index in [1.54, 1.807) is 24.3 Å². The zero-order valence-electron chi connectivity index (χ0n) is 10.7.